The molecule has 0 unspecified atom stereocenters. The van der Waals surface area contributed by atoms with Crippen LogP contribution in [0.2, 0.25) is 0 Å². The summed E-state index contributed by atoms with van der Waals surface area (Å²) in [6, 6.07) is 4.53. The summed E-state index contributed by atoms with van der Waals surface area (Å²) in [7, 11) is 1.26. The summed E-state index contributed by atoms with van der Waals surface area (Å²) in [4.78, 5) is 3.68. The van der Waals surface area contributed by atoms with Crippen LogP contribution in [0.5, 0.6) is 0 Å². The predicted molar refractivity (Wildman–Crippen MR) is 104 cm³/mol. The molecule has 0 bridgehead atoms. The van der Waals surface area contributed by atoms with Crippen molar-refractivity contribution in [2.24, 2.45) is 5.92 Å². The van der Waals surface area contributed by atoms with Gasteiger partial charge in [-0.2, -0.15) is 0 Å². The van der Waals surface area contributed by atoms with Crippen LogP contribution in [-0.4, -0.2) is 42.9 Å². The first-order chi connectivity index (χ1) is 12.5. The molecule has 3 rings (SSSR count). The van der Waals surface area contributed by atoms with E-state index in [0.29, 0.717) is 17.5 Å². The number of hydrogen-bond acceptors (Lipinski definition) is 1. The molecule has 0 amide bonds. The van der Waals surface area contributed by atoms with Crippen LogP contribution in [0.3, 0.4) is 0 Å². The van der Waals surface area contributed by atoms with E-state index in [4.69, 9.17) is 6.57 Å². The molecule has 0 spiro atoms. The number of fused-ring (bicyclic) bond motifs is 1. The second-order valence-electron chi connectivity index (χ2n) is 7.30. The molecule has 0 fully saturated rings. The van der Waals surface area contributed by atoms with E-state index in [0.717, 1.165) is 17.1 Å². The first-order valence-electron chi connectivity index (χ1n) is 8.99. The van der Waals surface area contributed by atoms with Gasteiger partial charge in [-0.15, -0.1) is 0 Å². The van der Waals surface area contributed by atoms with E-state index in [2.05, 4.69) is 62.6 Å². The molecular formula is C20H18KN2PUV. The summed E-state index contributed by atoms with van der Waals surface area (Å²) >= 11 is -2.34. The molecule has 0 saturated carbocycles. The molecule has 123 valence electrons. The van der Waals surface area contributed by atoms with Crippen LogP contribution < -0.4 is 0 Å². The molecular weight excluding hydrogens is 627 g/mol. The fourth-order valence-corrected chi connectivity index (χ4v) is 49.1. The summed E-state index contributed by atoms with van der Waals surface area (Å²) in [5, 5.41) is 11.1. The first-order valence-corrected chi connectivity index (χ1v) is 23.5. The fraction of sp³-hybridized carbons (Fsp3) is 0.300. The second-order valence-corrected chi connectivity index (χ2v) is 26.1. The van der Waals surface area contributed by atoms with Crippen molar-refractivity contribution in [2.75, 3.05) is 0 Å². The monoisotopic (exact) mass is 645 g/mol. The maximum absolute atomic E-state index is 9.72. The molecule has 0 atom stereocenters. The van der Waals surface area contributed by atoms with E-state index in [-0.39, 0.29) is 0 Å². The van der Waals surface area contributed by atoms with Crippen molar-refractivity contribution in [2.45, 2.75) is 33.6 Å². The summed E-state index contributed by atoms with van der Waals surface area (Å²) in [5.74, 6) is 4.00. The Morgan fingerprint density at radius 1 is 1.31 bits per heavy atom. The summed E-state index contributed by atoms with van der Waals surface area (Å²) < 4.78 is 5.09. The summed E-state index contributed by atoms with van der Waals surface area (Å²) in [6.07, 6.45) is 4.67. The van der Waals surface area contributed by atoms with Crippen molar-refractivity contribution in [1.82, 2.24) is 0 Å². The van der Waals surface area contributed by atoms with Crippen molar-refractivity contribution in [3.05, 3.63) is 53.8 Å². The molecule has 0 saturated heterocycles. The van der Waals surface area contributed by atoms with Crippen molar-refractivity contribution in [3.63, 3.8) is 0 Å². The Kier molecular flexibility index (Phi) is 8.06. The van der Waals surface area contributed by atoms with Gasteiger partial charge in [0.05, 0.1) is 0 Å². The van der Waals surface area contributed by atoms with Gasteiger partial charge in [-0.25, -0.2) is 0 Å². The normalized spacial score (nSPS) is 17.3. The average Bonchev–Trinajstić information content (AvgIpc) is 2.79. The van der Waals surface area contributed by atoms with Gasteiger partial charge in [0.15, 0.2) is 0 Å². The van der Waals surface area contributed by atoms with Gasteiger partial charge in [-0.1, -0.05) is 0 Å². The van der Waals surface area contributed by atoms with E-state index >= 15 is 0 Å². The molecule has 0 N–H and O–H groups in total. The third-order valence-corrected chi connectivity index (χ3v) is 45.7. The minimum atomic E-state index is -1.28. The molecule has 1 aliphatic heterocycles. The average molecular weight is 645 g/mol. The number of rotatable bonds is 2. The Morgan fingerprint density at radius 2 is 2.08 bits per heavy atom. The van der Waals surface area contributed by atoms with Gasteiger partial charge in [0.25, 0.3) is 0 Å². The van der Waals surface area contributed by atoms with Crippen molar-refractivity contribution in [3.8, 4) is 6.07 Å². The Hall–Kier alpha value is 0.993. The third-order valence-electron chi connectivity index (χ3n) is 4.82. The molecule has 2 nitrogen and oxygen atoms in total. The van der Waals surface area contributed by atoms with Crippen molar-refractivity contribution < 1.29 is 33.1 Å². The van der Waals surface area contributed by atoms with Gasteiger partial charge in [0.1, 0.15) is 0 Å². The number of nitriles is 1. The van der Waals surface area contributed by atoms with Gasteiger partial charge in [-0.05, 0) is 0 Å². The van der Waals surface area contributed by atoms with Crippen LogP contribution in [0.25, 0.3) is 16.5 Å². The molecule has 4 radical (unpaired) electrons. The zero-order valence-corrected chi connectivity index (χ0v) is 25.3. The SMILES string of the molecule is [C-]#[N+]/C(C#N)=C1\[C]2=[C](C=Cc3cpc(C(C)C)cc31)[K]=[V][C](C(C)C)=[U]2. The van der Waals surface area contributed by atoms with Crippen molar-refractivity contribution >= 4 is 62.7 Å². The van der Waals surface area contributed by atoms with Gasteiger partial charge >= 0.3 is 200 Å². The second kappa shape index (κ2) is 9.66. The minimum absolute atomic E-state index is 0.325. The molecule has 0 aromatic carbocycles. The molecule has 2 heterocycles. The van der Waals surface area contributed by atoms with Crippen LogP contribution in [0.15, 0.2) is 25.9 Å². The topological polar surface area (TPSA) is 28.1 Å². The van der Waals surface area contributed by atoms with Gasteiger partial charge < -0.3 is 0 Å². The predicted octanol–water partition coefficient (Wildman–Crippen LogP) is 5.37. The van der Waals surface area contributed by atoms with Gasteiger partial charge in [-0.3, -0.25) is 0 Å². The van der Waals surface area contributed by atoms with E-state index in [9.17, 15) is 5.26 Å². The fourth-order valence-electron chi connectivity index (χ4n) is 3.33. The maximum atomic E-state index is 9.72. The number of nitrogens with zero attached hydrogens (tertiary/aromatic N) is 2. The molecule has 1 aromatic rings. The number of allylic oxidation sites excluding steroid dienone is 5. The Morgan fingerprint density at radius 3 is 2.69 bits per heavy atom. The zero-order valence-electron chi connectivity index (χ0n) is 15.8. The van der Waals surface area contributed by atoms with Crippen LogP contribution in [0.4, 0.5) is 0 Å². The molecule has 2 aliphatic rings. The van der Waals surface area contributed by atoms with Gasteiger partial charge in [0, 0.05) is 0 Å². The van der Waals surface area contributed by atoms with Gasteiger partial charge in [0.2, 0.25) is 0 Å². The van der Waals surface area contributed by atoms with Crippen molar-refractivity contribution in [1.29, 1.82) is 5.26 Å². The summed E-state index contributed by atoms with van der Waals surface area (Å²) in [6.45, 7) is 16.8. The van der Waals surface area contributed by atoms with Crippen LogP contribution in [0, 0.1) is 51.1 Å². The first kappa shape index (κ1) is 21.7. The van der Waals surface area contributed by atoms with Crippen LogP contribution in [-0.2, 0) is 5.84 Å². The zero-order chi connectivity index (χ0) is 18.8. The molecule has 6 heteroatoms. The molecule has 1 aromatic heterocycles. The van der Waals surface area contributed by atoms with E-state index < -0.39 is 68.9 Å². The number of hydrogen-bond donors (Lipinski definition) is 0. The van der Waals surface area contributed by atoms with E-state index in [1.165, 1.54) is 21.7 Å². The summed E-state index contributed by atoms with van der Waals surface area (Å²) in [5.41, 5.74) is 3.74. The van der Waals surface area contributed by atoms with Crippen LogP contribution in [0.1, 0.15) is 50.0 Å². The quantitative estimate of drug-likeness (QED) is 0.242. The Labute approximate surface area is 196 Å². The molecule has 1 aliphatic carbocycles. The third kappa shape index (κ3) is 4.59. The molecule has 26 heavy (non-hydrogen) atoms. The van der Waals surface area contributed by atoms with E-state index in [1.54, 1.807) is -0.332 Å². The van der Waals surface area contributed by atoms with Crippen LogP contribution >= 0.6 is 8.19 Å². The Balaban J connectivity index is 2.37. The van der Waals surface area contributed by atoms with E-state index in [1.807, 2.05) is 1.24 Å². The standard InChI is InChI=1S/C16H11N2P.C4H7.K.U.V/c1-11(2)16-8-14-12(10-19-16)6-4-5-7-13(14)15(9-17)18-3;1-4(2)3;;;/h4,6,8,10-11H,1-2H3;4H,1-2H3;;;/b15-13+;;;;. The Bertz CT molecular complexity index is 1000.